The Morgan fingerprint density at radius 3 is 2.64 bits per heavy atom. The Kier molecular flexibility index (Phi) is 5.72. The van der Waals surface area contributed by atoms with Gasteiger partial charge in [-0.3, -0.25) is 9.59 Å². The molecule has 116 valence electrons. The van der Waals surface area contributed by atoms with Gasteiger partial charge in [0.2, 0.25) is 5.91 Å². The molecule has 0 bridgehead atoms. The topological polar surface area (TPSA) is 58.2 Å². The molecular weight excluding hydrogens is 296 g/mol. The molecule has 0 fully saturated rings. The summed E-state index contributed by atoms with van der Waals surface area (Å²) in [6, 6.07) is 9.49. The molecule has 2 N–H and O–H groups in total. The maximum absolute atomic E-state index is 11.9. The van der Waals surface area contributed by atoms with Crippen LogP contribution < -0.4 is 10.6 Å². The summed E-state index contributed by atoms with van der Waals surface area (Å²) in [5.74, 6) is -0.113. The minimum absolute atomic E-state index is 0.0337. The molecule has 5 heteroatoms. The highest BCUT2D eigenvalue weighted by molar-refractivity contribution is 7.12. The molecule has 1 heterocycles. The van der Waals surface area contributed by atoms with Crippen molar-refractivity contribution in [1.29, 1.82) is 0 Å². The summed E-state index contributed by atoms with van der Waals surface area (Å²) in [5.41, 5.74) is 3.17. The van der Waals surface area contributed by atoms with E-state index in [4.69, 9.17) is 0 Å². The lowest BCUT2D eigenvalue weighted by Gasteiger charge is -2.08. The van der Waals surface area contributed by atoms with Crippen LogP contribution in [-0.4, -0.2) is 18.4 Å². The second-order valence-corrected chi connectivity index (χ2v) is 6.13. The first-order valence-corrected chi connectivity index (χ1v) is 8.13. The van der Waals surface area contributed by atoms with Crippen molar-refractivity contribution < 1.29 is 9.59 Å². The Bertz CT molecular complexity index is 651. The number of amides is 2. The summed E-state index contributed by atoms with van der Waals surface area (Å²) in [5, 5.41) is 7.56. The molecule has 0 aliphatic heterocycles. The highest BCUT2D eigenvalue weighted by Crippen LogP contribution is 2.14. The van der Waals surface area contributed by atoms with Gasteiger partial charge < -0.3 is 10.6 Å². The smallest absolute Gasteiger partial charge is 0.261 e. The van der Waals surface area contributed by atoms with Crippen LogP contribution in [0, 0.1) is 13.8 Å². The fourth-order valence-corrected chi connectivity index (χ4v) is 2.63. The second-order valence-electron chi connectivity index (χ2n) is 5.18. The van der Waals surface area contributed by atoms with Gasteiger partial charge in [0.25, 0.3) is 5.91 Å². The molecule has 0 aliphatic carbocycles. The van der Waals surface area contributed by atoms with Crippen LogP contribution in [0.2, 0.25) is 0 Å². The van der Waals surface area contributed by atoms with E-state index in [0.717, 1.165) is 11.3 Å². The van der Waals surface area contributed by atoms with Crippen LogP contribution >= 0.6 is 11.3 Å². The first-order valence-electron chi connectivity index (χ1n) is 7.25. The van der Waals surface area contributed by atoms with Gasteiger partial charge in [-0.1, -0.05) is 12.1 Å². The number of thiophene rings is 1. The molecule has 1 aromatic heterocycles. The summed E-state index contributed by atoms with van der Waals surface area (Å²) >= 11 is 1.41. The minimum atomic E-state index is -0.0791. The van der Waals surface area contributed by atoms with E-state index in [9.17, 15) is 9.59 Å². The molecule has 0 saturated heterocycles. The van der Waals surface area contributed by atoms with Crippen molar-refractivity contribution in [2.75, 3.05) is 11.9 Å². The molecular formula is C17H20N2O2S. The van der Waals surface area contributed by atoms with E-state index < -0.39 is 0 Å². The number of hydrogen-bond acceptors (Lipinski definition) is 3. The number of carbonyl (C=O) groups excluding carboxylic acids is 2. The van der Waals surface area contributed by atoms with Gasteiger partial charge in [-0.2, -0.15) is 0 Å². The van der Waals surface area contributed by atoms with Gasteiger partial charge in [0.15, 0.2) is 0 Å². The van der Waals surface area contributed by atoms with E-state index in [1.54, 1.807) is 6.07 Å². The first-order chi connectivity index (χ1) is 10.6. The highest BCUT2D eigenvalue weighted by atomic mass is 32.1. The number of benzene rings is 1. The van der Waals surface area contributed by atoms with Crippen molar-refractivity contribution in [3.63, 3.8) is 0 Å². The average Bonchev–Trinajstić information content (AvgIpc) is 3.01. The number of anilines is 1. The normalized spacial score (nSPS) is 10.3. The molecule has 4 nitrogen and oxygen atoms in total. The standard InChI is InChI=1S/C17H20N2O2S/c1-12-7-8-14(11-13(12)2)19-16(20)6-3-9-18-17(21)15-5-4-10-22-15/h4-5,7-8,10-11H,3,6,9H2,1-2H3,(H,18,21)(H,19,20). The molecule has 0 unspecified atom stereocenters. The lowest BCUT2D eigenvalue weighted by Crippen LogP contribution is -2.24. The fourth-order valence-electron chi connectivity index (χ4n) is 1.99. The van der Waals surface area contributed by atoms with Crippen molar-refractivity contribution in [2.45, 2.75) is 26.7 Å². The van der Waals surface area contributed by atoms with Gasteiger partial charge in [-0.15, -0.1) is 11.3 Å². The van der Waals surface area contributed by atoms with Crippen LogP contribution in [0.5, 0.6) is 0 Å². The Hall–Kier alpha value is -2.14. The second kappa shape index (κ2) is 7.75. The number of rotatable bonds is 6. The van der Waals surface area contributed by atoms with E-state index in [0.29, 0.717) is 24.3 Å². The molecule has 22 heavy (non-hydrogen) atoms. The summed E-state index contributed by atoms with van der Waals surface area (Å²) in [7, 11) is 0. The van der Waals surface area contributed by atoms with Crippen molar-refractivity contribution >= 4 is 28.8 Å². The minimum Gasteiger partial charge on any atom is -0.351 e. The maximum atomic E-state index is 11.9. The third-order valence-corrected chi connectivity index (χ3v) is 4.27. The lowest BCUT2D eigenvalue weighted by atomic mass is 10.1. The van der Waals surface area contributed by atoms with E-state index in [2.05, 4.69) is 10.6 Å². The van der Waals surface area contributed by atoms with Gasteiger partial charge in [0.1, 0.15) is 0 Å². The van der Waals surface area contributed by atoms with Gasteiger partial charge in [-0.05, 0) is 55.0 Å². The molecule has 0 aliphatic rings. The molecule has 2 amide bonds. The summed E-state index contributed by atoms with van der Waals surface area (Å²) < 4.78 is 0. The van der Waals surface area contributed by atoms with E-state index in [1.165, 1.54) is 16.9 Å². The Labute approximate surface area is 134 Å². The van der Waals surface area contributed by atoms with Crippen LogP contribution in [0.4, 0.5) is 5.69 Å². The third-order valence-electron chi connectivity index (χ3n) is 3.40. The average molecular weight is 316 g/mol. The zero-order valence-corrected chi connectivity index (χ0v) is 13.6. The van der Waals surface area contributed by atoms with E-state index in [1.807, 2.05) is 43.5 Å². The Morgan fingerprint density at radius 2 is 1.95 bits per heavy atom. The molecule has 2 rings (SSSR count). The fraction of sp³-hybridized carbons (Fsp3) is 0.294. The van der Waals surface area contributed by atoms with Crippen LogP contribution in [0.15, 0.2) is 35.7 Å². The van der Waals surface area contributed by atoms with Crippen molar-refractivity contribution in [1.82, 2.24) is 5.32 Å². The van der Waals surface area contributed by atoms with E-state index >= 15 is 0 Å². The lowest BCUT2D eigenvalue weighted by molar-refractivity contribution is -0.116. The zero-order chi connectivity index (χ0) is 15.9. The molecule has 1 aromatic carbocycles. The van der Waals surface area contributed by atoms with Gasteiger partial charge in [-0.25, -0.2) is 0 Å². The van der Waals surface area contributed by atoms with Gasteiger partial charge in [0, 0.05) is 18.7 Å². The molecule has 0 atom stereocenters. The van der Waals surface area contributed by atoms with E-state index in [-0.39, 0.29) is 11.8 Å². The van der Waals surface area contributed by atoms with Crippen LogP contribution in [0.1, 0.15) is 33.6 Å². The van der Waals surface area contributed by atoms with Gasteiger partial charge >= 0.3 is 0 Å². The summed E-state index contributed by atoms with van der Waals surface area (Å²) in [6.45, 7) is 4.55. The monoisotopic (exact) mass is 316 g/mol. The maximum Gasteiger partial charge on any atom is 0.261 e. The quantitative estimate of drug-likeness (QED) is 0.801. The number of aryl methyl sites for hydroxylation is 2. The third kappa shape index (κ3) is 4.70. The first kappa shape index (κ1) is 16.2. The highest BCUT2D eigenvalue weighted by Gasteiger charge is 2.07. The molecule has 0 spiro atoms. The van der Waals surface area contributed by atoms with Crippen molar-refractivity contribution in [2.24, 2.45) is 0 Å². The number of hydrogen-bond donors (Lipinski definition) is 2. The van der Waals surface area contributed by atoms with Gasteiger partial charge in [0.05, 0.1) is 4.88 Å². The summed E-state index contributed by atoms with van der Waals surface area (Å²) in [4.78, 5) is 24.3. The molecule has 0 radical (unpaired) electrons. The van der Waals surface area contributed by atoms with Crippen molar-refractivity contribution in [3.05, 3.63) is 51.7 Å². The van der Waals surface area contributed by atoms with Crippen molar-refractivity contribution in [3.8, 4) is 0 Å². The SMILES string of the molecule is Cc1ccc(NC(=O)CCCNC(=O)c2cccs2)cc1C. The Balaban J connectivity index is 1.69. The van der Waals surface area contributed by atoms with Crippen LogP contribution in [0.25, 0.3) is 0 Å². The zero-order valence-electron chi connectivity index (χ0n) is 12.8. The van der Waals surface area contributed by atoms with Crippen LogP contribution in [0.3, 0.4) is 0 Å². The largest absolute Gasteiger partial charge is 0.351 e. The Morgan fingerprint density at radius 1 is 1.14 bits per heavy atom. The summed E-state index contributed by atoms with van der Waals surface area (Å²) in [6.07, 6.45) is 1.01. The molecule has 0 saturated carbocycles. The number of carbonyl (C=O) groups is 2. The number of nitrogens with one attached hydrogen (secondary N) is 2. The predicted octanol–water partition coefficient (Wildman–Crippen LogP) is 3.51. The predicted molar refractivity (Wildman–Crippen MR) is 90.4 cm³/mol. The van der Waals surface area contributed by atoms with Crippen LogP contribution in [-0.2, 0) is 4.79 Å². The molecule has 2 aromatic rings.